The zero-order valence-electron chi connectivity index (χ0n) is 12.6. The van der Waals surface area contributed by atoms with Crippen molar-refractivity contribution in [3.63, 3.8) is 0 Å². The average Bonchev–Trinajstić information content (AvgIpc) is 2.70. The van der Waals surface area contributed by atoms with E-state index in [-0.39, 0.29) is 5.82 Å². The van der Waals surface area contributed by atoms with Crippen LogP contribution in [0.5, 0.6) is 0 Å². The lowest BCUT2D eigenvalue weighted by Gasteiger charge is -2.21. The second-order valence-corrected chi connectivity index (χ2v) is 5.94. The first-order valence-corrected chi connectivity index (χ1v) is 7.94. The maximum atomic E-state index is 12.8. The van der Waals surface area contributed by atoms with Gasteiger partial charge in [0.05, 0.1) is 0 Å². The van der Waals surface area contributed by atoms with E-state index >= 15 is 0 Å². The van der Waals surface area contributed by atoms with E-state index in [1.54, 1.807) is 12.1 Å². The van der Waals surface area contributed by atoms with E-state index < -0.39 is 0 Å². The van der Waals surface area contributed by atoms with E-state index in [4.69, 9.17) is 0 Å². The highest BCUT2D eigenvalue weighted by atomic mass is 19.1. The lowest BCUT2D eigenvalue weighted by molar-refractivity contribution is 0.280. The smallest absolute Gasteiger partial charge is 0.123 e. The summed E-state index contributed by atoms with van der Waals surface area (Å²) in [4.78, 5) is 2.57. The van der Waals surface area contributed by atoms with Crippen LogP contribution in [0, 0.1) is 5.82 Å². The quantitative estimate of drug-likeness (QED) is 0.859. The fraction of sp³-hybridized carbons (Fsp3) is 0.647. The third-order valence-corrected chi connectivity index (χ3v) is 4.07. The molecule has 2 rings (SSSR count). The molecule has 0 aliphatic carbocycles. The third-order valence-electron chi connectivity index (χ3n) is 4.07. The molecule has 1 heterocycles. The van der Waals surface area contributed by atoms with Gasteiger partial charge in [-0.1, -0.05) is 25.0 Å². The Morgan fingerprint density at radius 2 is 1.75 bits per heavy atom. The Hall–Kier alpha value is -0.930. The van der Waals surface area contributed by atoms with E-state index in [9.17, 15) is 4.39 Å². The molecule has 1 fully saturated rings. The molecule has 1 aromatic rings. The number of rotatable bonds is 6. The first kappa shape index (κ1) is 15.5. The molecule has 112 valence electrons. The fourth-order valence-electron chi connectivity index (χ4n) is 2.88. The normalized spacial score (nSPS) is 18.7. The third kappa shape index (κ3) is 5.59. The van der Waals surface area contributed by atoms with Crippen LogP contribution in [-0.4, -0.2) is 37.1 Å². The summed E-state index contributed by atoms with van der Waals surface area (Å²) in [5.41, 5.74) is 1.20. The number of hydrogen-bond donors (Lipinski definition) is 1. The molecule has 1 saturated heterocycles. The number of nitrogens with one attached hydrogen (secondary N) is 1. The number of halogens is 1. The van der Waals surface area contributed by atoms with E-state index in [1.165, 1.54) is 44.3 Å². The van der Waals surface area contributed by atoms with E-state index in [0.29, 0.717) is 6.04 Å². The van der Waals surface area contributed by atoms with Crippen molar-refractivity contribution in [1.82, 2.24) is 10.2 Å². The van der Waals surface area contributed by atoms with E-state index in [2.05, 4.69) is 17.1 Å². The highest BCUT2D eigenvalue weighted by molar-refractivity contribution is 5.16. The molecule has 0 aromatic heterocycles. The largest absolute Gasteiger partial charge is 0.313 e. The minimum atomic E-state index is -0.157. The molecule has 1 atom stereocenters. The summed E-state index contributed by atoms with van der Waals surface area (Å²) in [5.74, 6) is -0.157. The lowest BCUT2D eigenvalue weighted by atomic mass is 10.1. The predicted octanol–water partition coefficient (Wildman–Crippen LogP) is 3.22. The Kier molecular flexibility index (Phi) is 6.48. The van der Waals surface area contributed by atoms with Crippen molar-refractivity contribution >= 4 is 0 Å². The van der Waals surface area contributed by atoms with Gasteiger partial charge < -0.3 is 10.2 Å². The van der Waals surface area contributed by atoms with Crippen molar-refractivity contribution < 1.29 is 4.39 Å². The molecular weight excluding hydrogens is 251 g/mol. The van der Waals surface area contributed by atoms with Crippen LogP contribution in [0.3, 0.4) is 0 Å². The van der Waals surface area contributed by atoms with Gasteiger partial charge in [0.1, 0.15) is 5.82 Å². The second kappa shape index (κ2) is 8.38. The van der Waals surface area contributed by atoms with Crippen LogP contribution >= 0.6 is 0 Å². The maximum Gasteiger partial charge on any atom is 0.123 e. The van der Waals surface area contributed by atoms with Gasteiger partial charge in [-0.15, -0.1) is 0 Å². The van der Waals surface area contributed by atoms with Crippen molar-refractivity contribution in [2.24, 2.45) is 0 Å². The molecule has 0 saturated carbocycles. The van der Waals surface area contributed by atoms with Crippen LogP contribution in [0.2, 0.25) is 0 Å². The van der Waals surface area contributed by atoms with Crippen molar-refractivity contribution in [3.8, 4) is 0 Å². The molecule has 0 radical (unpaired) electrons. The molecule has 1 unspecified atom stereocenters. The summed E-state index contributed by atoms with van der Waals surface area (Å²) in [5, 5.41) is 3.58. The first-order chi connectivity index (χ1) is 9.74. The van der Waals surface area contributed by atoms with Gasteiger partial charge in [0, 0.05) is 19.1 Å². The van der Waals surface area contributed by atoms with Gasteiger partial charge in [-0.05, 0) is 57.0 Å². The first-order valence-electron chi connectivity index (χ1n) is 7.94. The molecule has 20 heavy (non-hydrogen) atoms. The van der Waals surface area contributed by atoms with Crippen molar-refractivity contribution in [2.45, 2.75) is 45.1 Å². The molecule has 2 nitrogen and oxygen atoms in total. The lowest BCUT2D eigenvalue weighted by Crippen LogP contribution is -2.37. The molecular formula is C17H27FN2. The van der Waals surface area contributed by atoms with Crippen LogP contribution in [0.15, 0.2) is 24.3 Å². The average molecular weight is 278 g/mol. The van der Waals surface area contributed by atoms with Gasteiger partial charge in [-0.25, -0.2) is 4.39 Å². The highest BCUT2D eigenvalue weighted by Crippen LogP contribution is 2.09. The zero-order chi connectivity index (χ0) is 14.2. The summed E-state index contributed by atoms with van der Waals surface area (Å²) in [7, 11) is 0. The second-order valence-electron chi connectivity index (χ2n) is 5.94. The Morgan fingerprint density at radius 3 is 2.40 bits per heavy atom. The Labute approximate surface area is 122 Å². The van der Waals surface area contributed by atoms with Gasteiger partial charge in [-0.2, -0.15) is 0 Å². The van der Waals surface area contributed by atoms with Gasteiger partial charge in [0.2, 0.25) is 0 Å². The molecule has 0 bridgehead atoms. The molecule has 1 aliphatic heterocycles. The Morgan fingerprint density at radius 1 is 1.10 bits per heavy atom. The van der Waals surface area contributed by atoms with Crippen LogP contribution < -0.4 is 5.32 Å². The SMILES string of the molecule is CC(Cc1ccc(F)cc1)NCCN1CCCCCC1. The van der Waals surface area contributed by atoms with Gasteiger partial charge in [0.15, 0.2) is 0 Å². The van der Waals surface area contributed by atoms with Gasteiger partial charge >= 0.3 is 0 Å². The summed E-state index contributed by atoms with van der Waals surface area (Å²) in [6, 6.07) is 7.27. The minimum absolute atomic E-state index is 0.157. The minimum Gasteiger partial charge on any atom is -0.313 e. The topological polar surface area (TPSA) is 15.3 Å². The highest BCUT2D eigenvalue weighted by Gasteiger charge is 2.09. The Bertz CT molecular complexity index is 369. The number of hydrogen-bond acceptors (Lipinski definition) is 2. The number of benzene rings is 1. The van der Waals surface area contributed by atoms with E-state index in [1.807, 2.05) is 12.1 Å². The molecule has 1 aliphatic rings. The fourth-order valence-corrected chi connectivity index (χ4v) is 2.88. The summed E-state index contributed by atoms with van der Waals surface area (Å²) < 4.78 is 12.8. The molecule has 0 amide bonds. The van der Waals surface area contributed by atoms with Gasteiger partial charge in [0.25, 0.3) is 0 Å². The summed E-state index contributed by atoms with van der Waals surface area (Å²) >= 11 is 0. The molecule has 3 heteroatoms. The van der Waals surface area contributed by atoms with E-state index in [0.717, 1.165) is 19.5 Å². The monoisotopic (exact) mass is 278 g/mol. The Balaban J connectivity index is 1.64. The maximum absolute atomic E-state index is 12.8. The van der Waals surface area contributed by atoms with Crippen LogP contribution in [0.25, 0.3) is 0 Å². The number of likely N-dealkylation sites (tertiary alicyclic amines) is 1. The zero-order valence-corrected chi connectivity index (χ0v) is 12.6. The standard InChI is InChI=1S/C17H27FN2/c1-15(14-16-6-8-17(18)9-7-16)19-10-13-20-11-4-2-3-5-12-20/h6-9,15,19H,2-5,10-14H2,1H3. The molecule has 1 N–H and O–H groups in total. The van der Waals surface area contributed by atoms with Crippen molar-refractivity contribution in [2.75, 3.05) is 26.2 Å². The van der Waals surface area contributed by atoms with Crippen LogP contribution in [0.4, 0.5) is 4.39 Å². The van der Waals surface area contributed by atoms with Crippen LogP contribution in [-0.2, 0) is 6.42 Å². The number of nitrogens with zero attached hydrogens (tertiary/aromatic N) is 1. The van der Waals surface area contributed by atoms with Crippen molar-refractivity contribution in [3.05, 3.63) is 35.6 Å². The summed E-state index contributed by atoms with van der Waals surface area (Å²) in [6.07, 6.45) is 6.45. The van der Waals surface area contributed by atoms with Crippen molar-refractivity contribution in [1.29, 1.82) is 0 Å². The molecule has 1 aromatic carbocycles. The van der Waals surface area contributed by atoms with Gasteiger partial charge in [-0.3, -0.25) is 0 Å². The predicted molar refractivity (Wildman–Crippen MR) is 82.5 cm³/mol. The molecule has 0 spiro atoms. The van der Waals surface area contributed by atoms with Crippen LogP contribution in [0.1, 0.15) is 38.2 Å². The summed E-state index contributed by atoms with van der Waals surface area (Å²) in [6.45, 7) is 6.91.